The smallest absolute Gasteiger partial charge is 0.270 e. The lowest BCUT2D eigenvalue weighted by Crippen LogP contribution is -2.54. The monoisotopic (exact) mass is 475 g/mol. The lowest BCUT2D eigenvalue weighted by molar-refractivity contribution is -0.122. The molecule has 2 aromatic carbocycles. The third-order valence-electron chi connectivity index (χ3n) is 7.08. The van der Waals surface area contributed by atoms with E-state index in [1.165, 1.54) is 16.2 Å². The maximum atomic E-state index is 13.5. The zero-order valence-electron chi connectivity index (χ0n) is 21.1. The summed E-state index contributed by atoms with van der Waals surface area (Å²) in [6, 6.07) is 10.2. The van der Waals surface area contributed by atoms with Crippen LogP contribution in [0.25, 0.3) is 6.08 Å². The maximum Gasteiger partial charge on any atom is 0.270 e. The molecule has 0 saturated carbocycles. The molecule has 1 unspecified atom stereocenters. The van der Waals surface area contributed by atoms with Gasteiger partial charge < -0.3 is 4.90 Å². The first-order valence-corrected chi connectivity index (χ1v) is 12.3. The summed E-state index contributed by atoms with van der Waals surface area (Å²) in [5, 5.41) is 2.82. The number of nitrogens with one attached hydrogen (secondary N) is 1. The average molecular weight is 476 g/mol. The Balaban J connectivity index is 1.79. The van der Waals surface area contributed by atoms with Gasteiger partial charge in [0.15, 0.2) is 5.11 Å². The molecule has 0 bridgehead atoms. The number of rotatable bonds is 3. The van der Waals surface area contributed by atoms with E-state index in [0.717, 1.165) is 35.2 Å². The number of hydrogen-bond acceptors (Lipinski definition) is 4. The van der Waals surface area contributed by atoms with Gasteiger partial charge in [0.25, 0.3) is 11.8 Å². The summed E-state index contributed by atoms with van der Waals surface area (Å²) in [7, 11) is 0. The SMILES string of the molecule is CCN1c2cc(C)c(/C=C3/C(=O)NC(=S)N(c4ccc(C)cc4C)C3=O)cc2C(C)CC1(C)C. The molecule has 2 aliphatic rings. The quantitative estimate of drug-likeness (QED) is 0.359. The van der Waals surface area contributed by atoms with Gasteiger partial charge in [-0.2, -0.15) is 0 Å². The van der Waals surface area contributed by atoms with Crippen molar-refractivity contribution in [1.82, 2.24) is 5.32 Å². The van der Waals surface area contributed by atoms with Crippen LogP contribution in [0.5, 0.6) is 0 Å². The molecule has 1 saturated heterocycles. The van der Waals surface area contributed by atoms with Crippen LogP contribution in [-0.2, 0) is 9.59 Å². The minimum absolute atomic E-state index is 0.0783. The molecule has 0 radical (unpaired) electrons. The molecule has 0 aromatic heterocycles. The highest BCUT2D eigenvalue weighted by Gasteiger charge is 2.37. The fourth-order valence-electron chi connectivity index (χ4n) is 5.49. The molecule has 2 heterocycles. The molecular weight excluding hydrogens is 442 g/mol. The first-order chi connectivity index (χ1) is 15.9. The molecule has 6 heteroatoms. The Morgan fingerprint density at radius 1 is 1.09 bits per heavy atom. The van der Waals surface area contributed by atoms with Crippen molar-refractivity contribution < 1.29 is 9.59 Å². The van der Waals surface area contributed by atoms with Crippen LogP contribution in [0.2, 0.25) is 0 Å². The van der Waals surface area contributed by atoms with E-state index in [1.54, 1.807) is 6.08 Å². The van der Waals surface area contributed by atoms with E-state index < -0.39 is 11.8 Å². The molecule has 1 N–H and O–H groups in total. The van der Waals surface area contributed by atoms with E-state index in [4.69, 9.17) is 12.2 Å². The molecule has 178 valence electrons. The number of carbonyl (C=O) groups is 2. The summed E-state index contributed by atoms with van der Waals surface area (Å²) in [6.45, 7) is 15.9. The summed E-state index contributed by atoms with van der Waals surface area (Å²) < 4.78 is 0. The van der Waals surface area contributed by atoms with Crippen molar-refractivity contribution in [1.29, 1.82) is 0 Å². The molecule has 34 heavy (non-hydrogen) atoms. The second-order valence-corrected chi connectivity index (χ2v) is 10.6. The lowest BCUT2D eigenvalue weighted by atomic mass is 9.79. The largest absolute Gasteiger partial charge is 0.366 e. The summed E-state index contributed by atoms with van der Waals surface area (Å²) in [5.41, 5.74) is 7.28. The summed E-state index contributed by atoms with van der Waals surface area (Å²) in [4.78, 5) is 30.3. The van der Waals surface area contributed by atoms with E-state index in [9.17, 15) is 9.59 Å². The molecule has 2 aliphatic heterocycles. The summed E-state index contributed by atoms with van der Waals surface area (Å²) >= 11 is 5.38. The molecule has 1 fully saturated rings. The topological polar surface area (TPSA) is 52.7 Å². The lowest BCUT2D eigenvalue weighted by Gasteiger charge is -2.47. The molecule has 1 atom stereocenters. The zero-order chi connectivity index (χ0) is 24.9. The van der Waals surface area contributed by atoms with Crippen LogP contribution < -0.4 is 15.1 Å². The van der Waals surface area contributed by atoms with Gasteiger partial charge in [-0.1, -0.05) is 24.6 Å². The maximum absolute atomic E-state index is 13.5. The Morgan fingerprint density at radius 2 is 1.79 bits per heavy atom. The number of thiocarbonyl (C=S) groups is 1. The number of carbonyl (C=O) groups excluding carboxylic acids is 2. The highest BCUT2D eigenvalue weighted by Crippen LogP contribution is 2.44. The second kappa shape index (κ2) is 8.66. The van der Waals surface area contributed by atoms with Crippen molar-refractivity contribution in [2.45, 2.75) is 66.3 Å². The number of nitrogens with zero attached hydrogens (tertiary/aromatic N) is 2. The van der Waals surface area contributed by atoms with Gasteiger partial charge in [-0.15, -0.1) is 0 Å². The normalized spacial score (nSPS) is 21.1. The fourth-order valence-corrected chi connectivity index (χ4v) is 5.77. The fraction of sp³-hybridized carbons (Fsp3) is 0.393. The molecular formula is C28H33N3O2S. The van der Waals surface area contributed by atoms with Gasteiger partial charge in [-0.25, -0.2) is 0 Å². The number of anilines is 2. The van der Waals surface area contributed by atoms with E-state index in [1.807, 2.05) is 39.0 Å². The molecule has 2 aromatic rings. The Morgan fingerprint density at radius 3 is 2.44 bits per heavy atom. The van der Waals surface area contributed by atoms with E-state index in [0.29, 0.717) is 11.6 Å². The Bertz CT molecular complexity index is 1240. The van der Waals surface area contributed by atoms with Gasteiger partial charge >= 0.3 is 0 Å². The highest BCUT2D eigenvalue weighted by molar-refractivity contribution is 7.80. The van der Waals surface area contributed by atoms with Gasteiger partial charge in [0.1, 0.15) is 5.57 Å². The number of amides is 2. The van der Waals surface area contributed by atoms with E-state index >= 15 is 0 Å². The van der Waals surface area contributed by atoms with Crippen LogP contribution in [0.4, 0.5) is 11.4 Å². The molecule has 0 spiro atoms. The first kappa shape index (κ1) is 24.1. The number of aryl methyl sites for hydroxylation is 3. The van der Waals surface area contributed by atoms with Gasteiger partial charge in [-0.3, -0.25) is 19.8 Å². The highest BCUT2D eigenvalue weighted by atomic mass is 32.1. The van der Waals surface area contributed by atoms with Crippen molar-refractivity contribution in [3.8, 4) is 0 Å². The number of benzene rings is 2. The summed E-state index contributed by atoms with van der Waals surface area (Å²) in [5.74, 6) is -0.486. The summed E-state index contributed by atoms with van der Waals surface area (Å²) in [6.07, 6.45) is 2.76. The van der Waals surface area contributed by atoms with Crippen molar-refractivity contribution >= 4 is 46.6 Å². The molecule has 0 aliphatic carbocycles. The van der Waals surface area contributed by atoms with Gasteiger partial charge in [0, 0.05) is 17.8 Å². The van der Waals surface area contributed by atoms with Crippen molar-refractivity contribution in [2.24, 2.45) is 0 Å². The van der Waals surface area contributed by atoms with Crippen LogP contribution >= 0.6 is 12.2 Å². The second-order valence-electron chi connectivity index (χ2n) is 10.2. The predicted molar refractivity (Wildman–Crippen MR) is 143 cm³/mol. The minimum atomic E-state index is -0.461. The van der Waals surface area contributed by atoms with Crippen molar-refractivity contribution in [2.75, 3.05) is 16.3 Å². The van der Waals surface area contributed by atoms with Crippen LogP contribution in [0.1, 0.15) is 67.9 Å². The number of fused-ring (bicyclic) bond motifs is 1. The van der Waals surface area contributed by atoms with Gasteiger partial charge in [0.2, 0.25) is 0 Å². The predicted octanol–water partition coefficient (Wildman–Crippen LogP) is 5.56. The Hall–Kier alpha value is -2.99. The van der Waals surface area contributed by atoms with E-state index in [2.05, 4.69) is 50.0 Å². The van der Waals surface area contributed by atoms with Gasteiger partial charge in [-0.05, 0) is 113 Å². The van der Waals surface area contributed by atoms with Crippen LogP contribution in [0.3, 0.4) is 0 Å². The molecule has 4 rings (SSSR count). The average Bonchev–Trinajstić information content (AvgIpc) is 2.72. The third-order valence-corrected chi connectivity index (χ3v) is 7.37. The minimum Gasteiger partial charge on any atom is -0.366 e. The Kier molecular flexibility index (Phi) is 6.15. The van der Waals surface area contributed by atoms with Crippen LogP contribution in [0, 0.1) is 20.8 Å². The van der Waals surface area contributed by atoms with Crippen LogP contribution in [0.15, 0.2) is 35.9 Å². The molecule has 5 nitrogen and oxygen atoms in total. The zero-order valence-corrected chi connectivity index (χ0v) is 21.9. The molecule has 2 amide bonds. The van der Waals surface area contributed by atoms with E-state index in [-0.39, 0.29) is 16.2 Å². The van der Waals surface area contributed by atoms with Crippen LogP contribution in [-0.4, -0.2) is 29.0 Å². The van der Waals surface area contributed by atoms with Crippen molar-refractivity contribution in [3.63, 3.8) is 0 Å². The first-order valence-electron chi connectivity index (χ1n) is 11.9. The van der Waals surface area contributed by atoms with Crippen molar-refractivity contribution in [3.05, 3.63) is 63.7 Å². The van der Waals surface area contributed by atoms with Gasteiger partial charge in [0.05, 0.1) is 5.69 Å². The third kappa shape index (κ3) is 4.05. The standard InChI is InChI=1S/C28H33N3O2S/c1-8-30-24-12-17(3)20(13-21(24)19(5)15-28(30,6)7)14-22-25(32)29-27(34)31(26(22)33)23-10-9-16(2)11-18(23)4/h9-14,19H,8,15H2,1-7H3,(H,29,32,34)/b22-14-. The Labute approximate surface area is 207 Å². The number of hydrogen-bond donors (Lipinski definition) is 1.